The van der Waals surface area contributed by atoms with Crippen LogP contribution >= 0.6 is 0 Å². The first-order valence-electron chi connectivity index (χ1n) is 6.34. The van der Waals surface area contributed by atoms with Crippen molar-refractivity contribution >= 4 is 5.78 Å². The summed E-state index contributed by atoms with van der Waals surface area (Å²) in [6, 6.07) is 10.6. The quantitative estimate of drug-likeness (QED) is 0.730. The van der Waals surface area contributed by atoms with Crippen LogP contribution in [0, 0.1) is 0 Å². The van der Waals surface area contributed by atoms with Crippen molar-refractivity contribution in [2.24, 2.45) is 0 Å². The third-order valence-corrected chi connectivity index (χ3v) is 3.76. The van der Waals surface area contributed by atoms with Gasteiger partial charge in [-0.25, -0.2) is 0 Å². The molecule has 0 saturated heterocycles. The molecule has 0 N–H and O–H groups in total. The van der Waals surface area contributed by atoms with Crippen molar-refractivity contribution in [3.8, 4) is 0 Å². The average Bonchev–Trinajstić information content (AvgIpc) is 2.25. The SMILES string of the molecule is CCCC(=O)CC1(c2ccccc2)CCC1. The Morgan fingerprint density at radius 1 is 1.25 bits per heavy atom. The third-order valence-electron chi connectivity index (χ3n) is 3.76. The second kappa shape index (κ2) is 4.82. The van der Waals surface area contributed by atoms with Crippen molar-refractivity contribution in [2.75, 3.05) is 0 Å². The minimum absolute atomic E-state index is 0.188. The normalized spacial score (nSPS) is 17.8. The molecule has 0 aliphatic heterocycles. The molecule has 1 aromatic carbocycles. The van der Waals surface area contributed by atoms with Gasteiger partial charge in [0.15, 0.2) is 0 Å². The molecular weight excluding hydrogens is 196 g/mol. The predicted octanol–water partition coefficient (Wildman–Crippen LogP) is 3.87. The van der Waals surface area contributed by atoms with E-state index in [0.717, 1.165) is 19.3 Å². The Morgan fingerprint density at radius 2 is 1.94 bits per heavy atom. The number of hydrogen-bond donors (Lipinski definition) is 0. The first-order valence-corrected chi connectivity index (χ1v) is 6.34. The molecule has 0 amide bonds. The summed E-state index contributed by atoms with van der Waals surface area (Å²) in [6.07, 6.45) is 6.12. The molecule has 0 spiro atoms. The lowest BCUT2D eigenvalue weighted by Crippen LogP contribution is -2.36. The van der Waals surface area contributed by atoms with Crippen molar-refractivity contribution in [1.82, 2.24) is 0 Å². The Bertz CT molecular complexity index is 349. The van der Waals surface area contributed by atoms with E-state index < -0.39 is 0 Å². The van der Waals surface area contributed by atoms with Gasteiger partial charge in [-0.05, 0) is 24.8 Å². The molecule has 1 fully saturated rings. The summed E-state index contributed by atoms with van der Waals surface area (Å²) in [6.45, 7) is 2.08. The van der Waals surface area contributed by atoms with Crippen molar-refractivity contribution in [3.05, 3.63) is 35.9 Å². The van der Waals surface area contributed by atoms with Crippen LogP contribution in [0.4, 0.5) is 0 Å². The monoisotopic (exact) mass is 216 g/mol. The van der Waals surface area contributed by atoms with E-state index >= 15 is 0 Å². The molecule has 1 aromatic rings. The van der Waals surface area contributed by atoms with Crippen LogP contribution in [-0.4, -0.2) is 5.78 Å². The van der Waals surface area contributed by atoms with Gasteiger partial charge < -0.3 is 0 Å². The summed E-state index contributed by atoms with van der Waals surface area (Å²) < 4.78 is 0. The number of ketones is 1. The van der Waals surface area contributed by atoms with Gasteiger partial charge in [0.2, 0.25) is 0 Å². The lowest BCUT2D eigenvalue weighted by Gasteiger charge is -2.42. The fourth-order valence-electron chi connectivity index (χ4n) is 2.71. The highest BCUT2D eigenvalue weighted by Crippen LogP contribution is 2.46. The van der Waals surface area contributed by atoms with Crippen LogP contribution < -0.4 is 0 Å². The van der Waals surface area contributed by atoms with Crippen LogP contribution in [0.25, 0.3) is 0 Å². The second-order valence-corrected chi connectivity index (χ2v) is 4.97. The molecule has 1 heteroatoms. The van der Waals surface area contributed by atoms with E-state index in [0.29, 0.717) is 5.78 Å². The van der Waals surface area contributed by atoms with Crippen LogP contribution in [0.5, 0.6) is 0 Å². The van der Waals surface area contributed by atoms with Crippen molar-refractivity contribution < 1.29 is 4.79 Å². The van der Waals surface area contributed by atoms with E-state index in [2.05, 4.69) is 31.2 Å². The van der Waals surface area contributed by atoms with Gasteiger partial charge in [0, 0.05) is 18.3 Å². The maximum atomic E-state index is 11.8. The minimum atomic E-state index is 0.188. The zero-order valence-corrected chi connectivity index (χ0v) is 10.0. The molecule has 1 nitrogen and oxygen atoms in total. The van der Waals surface area contributed by atoms with Gasteiger partial charge in [-0.15, -0.1) is 0 Å². The summed E-state index contributed by atoms with van der Waals surface area (Å²) in [4.78, 5) is 11.8. The van der Waals surface area contributed by atoms with Gasteiger partial charge in [0.25, 0.3) is 0 Å². The number of carbonyl (C=O) groups is 1. The molecule has 86 valence electrons. The van der Waals surface area contributed by atoms with E-state index in [4.69, 9.17) is 0 Å². The van der Waals surface area contributed by atoms with Gasteiger partial charge in [0.1, 0.15) is 5.78 Å². The highest BCUT2D eigenvalue weighted by Gasteiger charge is 2.39. The zero-order chi connectivity index (χ0) is 11.4. The summed E-state index contributed by atoms with van der Waals surface area (Å²) in [5.74, 6) is 0.436. The lowest BCUT2D eigenvalue weighted by atomic mass is 9.62. The molecule has 0 radical (unpaired) electrons. The third kappa shape index (κ3) is 2.18. The number of benzene rings is 1. The molecule has 1 saturated carbocycles. The van der Waals surface area contributed by atoms with Gasteiger partial charge in [0.05, 0.1) is 0 Å². The Hall–Kier alpha value is -1.11. The first-order chi connectivity index (χ1) is 7.77. The van der Waals surface area contributed by atoms with Gasteiger partial charge in [-0.3, -0.25) is 4.79 Å². The molecule has 2 rings (SSSR count). The van der Waals surface area contributed by atoms with Crippen molar-refractivity contribution in [2.45, 2.75) is 50.9 Å². The van der Waals surface area contributed by atoms with Crippen molar-refractivity contribution in [3.63, 3.8) is 0 Å². The van der Waals surface area contributed by atoms with Crippen LogP contribution in [-0.2, 0) is 10.2 Å². The minimum Gasteiger partial charge on any atom is -0.300 e. The van der Waals surface area contributed by atoms with E-state index in [1.807, 2.05) is 6.07 Å². The van der Waals surface area contributed by atoms with E-state index in [9.17, 15) is 4.79 Å². The van der Waals surface area contributed by atoms with Crippen LogP contribution in [0.15, 0.2) is 30.3 Å². The molecule has 0 unspecified atom stereocenters. The molecule has 1 aliphatic carbocycles. The van der Waals surface area contributed by atoms with Crippen molar-refractivity contribution in [1.29, 1.82) is 0 Å². The van der Waals surface area contributed by atoms with E-state index in [1.54, 1.807) is 0 Å². The number of carbonyl (C=O) groups excluding carboxylic acids is 1. The number of rotatable bonds is 5. The molecule has 0 atom stereocenters. The van der Waals surface area contributed by atoms with Gasteiger partial charge in [-0.1, -0.05) is 43.7 Å². The van der Waals surface area contributed by atoms with E-state index in [1.165, 1.54) is 24.8 Å². The van der Waals surface area contributed by atoms with Crippen LogP contribution in [0.1, 0.15) is 51.0 Å². The number of hydrogen-bond acceptors (Lipinski definition) is 1. The number of Topliss-reactive ketones (excluding diaryl/α,β-unsaturated/α-hetero) is 1. The van der Waals surface area contributed by atoms with Gasteiger partial charge >= 0.3 is 0 Å². The molecule has 0 aromatic heterocycles. The predicted molar refractivity (Wildman–Crippen MR) is 66.5 cm³/mol. The maximum Gasteiger partial charge on any atom is 0.133 e. The summed E-state index contributed by atoms with van der Waals surface area (Å²) in [5.41, 5.74) is 1.55. The summed E-state index contributed by atoms with van der Waals surface area (Å²) >= 11 is 0. The second-order valence-electron chi connectivity index (χ2n) is 4.97. The molecule has 1 aliphatic rings. The zero-order valence-electron chi connectivity index (χ0n) is 10.0. The highest BCUT2D eigenvalue weighted by molar-refractivity contribution is 5.80. The lowest BCUT2D eigenvalue weighted by molar-refractivity contribution is -0.121. The smallest absolute Gasteiger partial charge is 0.133 e. The molecule has 0 bridgehead atoms. The summed E-state index contributed by atoms with van der Waals surface area (Å²) in [5, 5.41) is 0. The first kappa shape index (κ1) is 11.4. The standard InChI is InChI=1S/C15H20O/c1-2-7-14(16)12-15(10-6-11-15)13-8-4-3-5-9-13/h3-5,8-9H,2,6-7,10-12H2,1H3. The molecule has 0 heterocycles. The largest absolute Gasteiger partial charge is 0.300 e. The molecular formula is C15H20O. The Balaban J connectivity index is 2.11. The fraction of sp³-hybridized carbons (Fsp3) is 0.533. The maximum absolute atomic E-state index is 11.8. The highest BCUT2D eigenvalue weighted by atomic mass is 16.1. The fourth-order valence-corrected chi connectivity index (χ4v) is 2.71. The Morgan fingerprint density at radius 3 is 2.44 bits per heavy atom. The summed E-state index contributed by atoms with van der Waals surface area (Å²) in [7, 11) is 0. The Labute approximate surface area is 97.9 Å². The van der Waals surface area contributed by atoms with Crippen LogP contribution in [0.3, 0.4) is 0 Å². The van der Waals surface area contributed by atoms with E-state index in [-0.39, 0.29) is 5.41 Å². The topological polar surface area (TPSA) is 17.1 Å². The molecule has 16 heavy (non-hydrogen) atoms. The average molecular weight is 216 g/mol. The van der Waals surface area contributed by atoms with Crippen LogP contribution in [0.2, 0.25) is 0 Å². The Kier molecular flexibility index (Phi) is 3.42. The van der Waals surface area contributed by atoms with Gasteiger partial charge in [-0.2, -0.15) is 0 Å².